The van der Waals surface area contributed by atoms with Gasteiger partial charge in [-0.15, -0.1) is 12.4 Å². The minimum atomic E-state index is 0. The number of benzene rings is 1. The average molecular weight is 372 g/mol. The van der Waals surface area contributed by atoms with Crippen molar-refractivity contribution in [2.75, 3.05) is 6.54 Å². The number of aromatic hydroxyl groups is 1. The molecule has 1 aliphatic heterocycles. The fourth-order valence-corrected chi connectivity index (χ4v) is 3.23. The van der Waals surface area contributed by atoms with Crippen LogP contribution in [0.25, 0.3) is 0 Å². The summed E-state index contributed by atoms with van der Waals surface area (Å²) in [5, 5.41) is 13.4. The van der Waals surface area contributed by atoms with Gasteiger partial charge in [0.25, 0.3) is 0 Å². The normalized spacial score (nSPS) is 20.2. The number of rotatable bonds is 1. The first-order valence-electron chi connectivity index (χ1n) is 5.10. The van der Waals surface area contributed by atoms with Crippen LogP contribution < -0.4 is 5.32 Å². The van der Waals surface area contributed by atoms with Crippen molar-refractivity contribution in [1.29, 1.82) is 0 Å². The average Bonchev–Trinajstić information content (AvgIpc) is 2.24. The number of hydrogen-bond acceptors (Lipinski definition) is 2. The summed E-state index contributed by atoms with van der Waals surface area (Å²) < 4.78 is 1.74. The highest BCUT2D eigenvalue weighted by atomic mass is 79.9. The second-order valence-electron chi connectivity index (χ2n) is 3.83. The molecule has 0 amide bonds. The smallest absolute Gasteiger partial charge is 0.134 e. The van der Waals surface area contributed by atoms with E-state index in [2.05, 4.69) is 37.2 Å². The van der Waals surface area contributed by atoms with Crippen molar-refractivity contribution in [3.63, 3.8) is 0 Å². The number of halogens is 3. The van der Waals surface area contributed by atoms with E-state index in [0.29, 0.717) is 5.75 Å². The highest BCUT2D eigenvalue weighted by Crippen LogP contribution is 2.37. The van der Waals surface area contributed by atoms with Crippen LogP contribution in [0.2, 0.25) is 0 Å². The van der Waals surface area contributed by atoms with Crippen molar-refractivity contribution in [2.24, 2.45) is 0 Å². The summed E-state index contributed by atoms with van der Waals surface area (Å²) in [4.78, 5) is 0. The highest BCUT2D eigenvalue weighted by Gasteiger charge is 2.19. The van der Waals surface area contributed by atoms with Crippen molar-refractivity contribution >= 4 is 44.3 Å². The molecule has 0 radical (unpaired) electrons. The molecule has 1 aromatic rings. The van der Waals surface area contributed by atoms with E-state index in [-0.39, 0.29) is 18.4 Å². The maximum Gasteiger partial charge on any atom is 0.134 e. The van der Waals surface area contributed by atoms with Crippen molar-refractivity contribution in [2.45, 2.75) is 25.3 Å². The second kappa shape index (κ2) is 6.24. The Balaban J connectivity index is 0.00000128. The van der Waals surface area contributed by atoms with Crippen molar-refractivity contribution in [3.05, 3.63) is 26.6 Å². The van der Waals surface area contributed by atoms with E-state index in [9.17, 15) is 5.11 Å². The number of hydrogen-bond donors (Lipinski definition) is 2. The molecule has 1 aliphatic rings. The quantitative estimate of drug-likeness (QED) is 0.777. The third kappa shape index (κ3) is 3.13. The Labute approximate surface area is 118 Å². The minimum Gasteiger partial charge on any atom is -0.506 e. The molecule has 0 bridgehead atoms. The maximum atomic E-state index is 9.97. The lowest BCUT2D eigenvalue weighted by atomic mass is 9.97. The Hall–Kier alpha value is 0.230. The van der Waals surface area contributed by atoms with Gasteiger partial charge in [-0.2, -0.15) is 0 Å². The third-order valence-electron chi connectivity index (χ3n) is 2.74. The standard InChI is InChI=1S/C11H13Br2NO.ClH/c12-7-5-8(11(15)9(13)6-7)10-3-1-2-4-14-10;/h5-6,10,14-15H,1-4H2;1H/t10-;/m1./s1. The van der Waals surface area contributed by atoms with Gasteiger partial charge in [0.05, 0.1) is 4.47 Å². The molecule has 0 spiro atoms. The van der Waals surface area contributed by atoms with Gasteiger partial charge in [0.15, 0.2) is 0 Å². The molecule has 5 heteroatoms. The van der Waals surface area contributed by atoms with Crippen LogP contribution in [-0.2, 0) is 0 Å². The Bertz CT molecular complexity index is 367. The molecule has 16 heavy (non-hydrogen) atoms. The van der Waals surface area contributed by atoms with Gasteiger partial charge in [-0.05, 0) is 47.4 Å². The summed E-state index contributed by atoms with van der Waals surface area (Å²) in [6.07, 6.45) is 3.55. The van der Waals surface area contributed by atoms with Gasteiger partial charge in [-0.3, -0.25) is 0 Å². The zero-order valence-electron chi connectivity index (χ0n) is 8.67. The number of piperidine rings is 1. The van der Waals surface area contributed by atoms with E-state index in [1.165, 1.54) is 12.8 Å². The van der Waals surface area contributed by atoms with E-state index in [0.717, 1.165) is 27.5 Å². The van der Waals surface area contributed by atoms with E-state index < -0.39 is 0 Å². The molecule has 0 saturated carbocycles. The van der Waals surface area contributed by atoms with E-state index in [4.69, 9.17) is 0 Å². The van der Waals surface area contributed by atoms with Crippen LogP contribution >= 0.6 is 44.3 Å². The van der Waals surface area contributed by atoms with Crippen LogP contribution in [0.3, 0.4) is 0 Å². The van der Waals surface area contributed by atoms with Crippen LogP contribution in [0.5, 0.6) is 5.75 Å². The van der Waals surface area contributed by atoms with Gasteiger partial charge >= 0.3 is 0 Å². The fraction of sp³-hybridized carbons (Fsp3) is 0.455. The molecule has 1 fully saturated rings. The lowest BCUT2D eigenvalue weighted by Gasteiger charge is -2.25. The van der Waals surface area contributed by atoms with E-state index >= 15 is 0 Å². The van der Waals surface area contributed by atoms with Gasteiger partial charge in [-0.25, -0.2) is 0 Å². The van der Waals surface area contributed by atoms with Gasteiger partial charge in [0.2, 0.25) is 0 Å². The topological polar surface area (TPSA) is 32.3 Å². The summed E-state index contributed by atoms with van der Waals surface area (Å²) in [6.45, 7) is 1.04. The molecule has 1 aromatic carbocycles. The maximum absolute atomic E-state index is 9.97. The predicted octanol–water partition coefficient (Wildman–Crippen LogP) is 4.15. The van der Waals surface area contributed by atoms with Gasteiger partial charge < -0.3 is 10.4 Å². The molecule has 0 aliphatic carbocycles. The predicted molar refractivity (Wildman–Crippen MR) is 75.3 cm³/mol. The molecule has 1 atom stereocenters. The molecular weight excluding hydrogens is 357 g/mol. The summed E-state index contributed by atoms with van der Waals surface area (Å²) >= 11 is 6.80. The lowest BCUT2D eigenvalue weighted by molar-refractivity contribution is 0.389. The molecule has 1 heterocycles. The Morgan fingerprint density at radius 1 is 1.25 bits per heavy atom. The Kier molecular flexibility index (Phi) is 5.57. The number of phenols is 1. The molecule has 2 nitrogen and oxygen atoms in total. The first kappa shape index (κ1) is 14.3. The summed E-state index contributed by atoms with van der Waals surface area (Å²) in [7, 11) is 0. The van der Waals surface area contributed by atoms with Crippen molar-refractivity contribution < 1.29 is 5.11 Å². The summed E-state index contributed by atoms with van der Waals surface area (Å²) in [6, 6.07) is 4.14. The summed E-state index contributed by atoms with van der Waals surface area (Å²) in [5.41, 5.74) is 0.982. The van der Waals surface area contributed by atoms with E-state index in [1.807, 2.05) is 12.1 Å². The largest absolute Gasteiger partial charge is 0.506 e. The minimum absolute atomic E-state index is 0. The number of nitrogens with one attached hydrogen (secondary N) is 1. The van der Waals surface area contributed by atoms with Crippen LogP contribution in [0, 0.1) is 0 Å². The highest BCUT2D eigenvalue weighted by molar-refractivity contribution is 9.11. The van der Waals surface area contributed by atoms with Crippen molar-refractivity contribution in [3.8, 4) is 5.75 Å². The van der Waals surface area contributed by atoms with Crippen LogP contribution in [0.1, 0.15) is 30.9 Å². The zero-order valence-corrected chi connectivity index (χ0v) is 12.7. The zero-order chi connectivity index (χ0) is 10.8. The first-order chi connectivity index (χ1) is 7.18. The molecule has 90 valence electrons. The fourth-order valence-electron chi connectivity index (χ4n) is 1.97. The second-order valence-corrected chi connectivity index (χ2v) is 5.60. The van der Waals surface area contributed by atoms with Crippen molar-refractivity contribution in [1.82, 2.24) is 5.32 Å². The van der Waals surface area contributed by atoms with E-state index in [1.54, 1.807) is 0 Å². The molecular formula is C11H14Br2ClNO. The molecule has 0 aromatic heterocycles. The Morgan fingerprint density at radius 3 is 2.62 bits per heavy atom. The Morgan fingerprint density at radius 2 is 2.00 bits per heavy atom. The van der Waals surface area contributed by atoms with Crippen LogP contribution in [-0.4, -0.2) is 11.7 Å². The molecule has 0 unspecified atom stereocenters. The van der Waals surface area contributed by atoms with Crippen LogP contribution in [0.15, 0.2) is 21.1 Å². The SMILES string of the molecule is Cl.Oc1c(Br)cc(Br)cc1[C@H]1CCCCN1. The first-order valence-corrected chi connectivity index (χ1v) is 6.68. The van der Waals surface area contributed by atoms with Gasteiger partial charge in [-0.1, -0.05) is 22.4 Å². The van der Waals surface area contributed by atoms with Crippen LogP contribution in [0.4, 0.5) is 0 Å². The molecule has 2 rings (SSSR count). The lowest BCUT2D eigenvalue weighted by Crippen LogP contribution is -2.26. The molecule has 1 saturated heterocycles. The van der Waals surface area contributed by atoms with Gasteiger partial charge in [0, 0.05) is 16.1 Å². The summed E-state index contributed by atoms with van der Waals surface area (Å²) in [5.74, 6) is 0.359. The van der Waals surface area contributed by atoms with Gasteiger partial charge in [0.1, 0.15) is 5.75 Å². The number of phenolic OH excluding ortho intramolecular Hbond substituents is 1. The monoisotopic (exact) mass is 369 g/mol. The third-order valence-corrected chi connectivity index (χ3v) is 3.81. The molecule has 2 N–H and O–H groups in total.